The van der Waals surface area contributed by atoms with Crippen LogP contribution in [-0.4, -0.2) is 19.1 Å². The SMILES string of the molecule is CC(C(=O)NCCOc1ccccc1)c1cccc(N)c1. The van der Waals surface area contributed by atoms with Crippen LogP contribution in [0.5, 0.6) is 5.75 Å². The van der Waals surface area contributed by atoms with E-state index in [1.165, 1.54) is 0 Å². The number of hydrogen-bond donors (Lipinski definition) is 2. The standard InChI is InChI=1S/C17H20N2O2/c1-13(14-6-5-7-15(18)12-14)17(20)19-10-11-21-16-8-3-2-4-9-16/h2-9,12-13H,10-11,18H2,1H3,(H,19,20). The summed E-state index contributed by atoms with van der Waals surface area (Å²) >= 11 is 0. The number of carbonyl (C=O) groups excluding carboxylic acids is 1. The van der Waals surface area contributed by atoms with Crippen LogP contribution in [0.4, 0.5) is 5.69 Å². The van der Waals surface area contributed by atoms with E-state index in [4.69, 9.17) is 10.5 Å². The molecule has 2 rings (SSSR count). The first-order valence-electron chi connectivity index (χ1n) is 6.98. The van der Waals surface area contributed by atoms with Gasteiger partial charge in [-0.1, -0.05) is 30.3 Å². The Morgan fingerprint density at radius 3 is 2.67 bits per heavy atom. The average molecular weight is 284 g/mol. The summed E-state index contributed by atoms with van der Waals surface area (Å²) in [5.74, 6) is 0.540. The van der Waals surface area contributed by atoms with Crippen molar-refractivity contribution in [1.29, 1.82) is 0 Å². The van der Waals surface area contributed by atoms with Crippen molar-refractivity contribution in [3.8, 4) is 5.75 Å². The zero-order valence-corrected chi connectivity index (χ0v) is 12.1. The Morgan fingerprint density at radius 1 is 1.19 bits per heavy atom. The molecule has 2 aromatic rings. The van der Waals surface area contributed by atoms with Gasteiger partial charge in [0, 0.05) is 5.69 Å². The second-order valence-corrected chi connectivity index (χ2v) is 4.84. The zero-order valence-electron chi connectivity index (χ0n) is 12.1. The highest BCUT2D eigenvalue weighted by molar-refractivity contribution is 5.83. The van der Waals surface area contributed by atoms with Crippen LogP contribution in [0.3, 0.4) is 0 Å². The zero-order chi connectivity index (χ0) is 15.1. The first-order chi connectivity index (χ1) is 10.2. The van der Waals surface area contributed by atoms with Gasteiger partial charge in [-0.15, -0.1) is 0 Å². The maximum Gasteiger partial charge on any atom is 0.227 e. The van der Waals surface area contributed by atoms with Crippen molar-refractivity contribution in [3.63, 3.8) is 0 Å². The van der Waals surface area contributed by atoms with Crippen molar-refractivity contribution >= 4 is 11.6 Å². The van der Waals surface area contributed by atoms with Gasteiger partial charge in [-0.25, -0.2) is 0 Å². The molecule has 0 aliphatic carbocycles. The van der Waals surface area contributed by atoms with Crippen LogP contribution in [0.15, 0.2) is 54.6 Å². The molecule has 0 aliphatic heterocycles. The molecule has 3 N–H and O–H groups in total. The van der Waals surface area contributed by atoms with Crippen LogP contribution >= 0.6 is 0 Å². The minimum Gasteiger partial charge on any atom is -0.492 e. The molecular weight excluding hydrogens is 264 g/mol. The summed E-state index contributed by atoms with van der Waals surface area (Å²) in [6.07, 6.45) is 0. The van der Waals surface area contributed by atoms with Gasteiger partial charge in [-0.05, 0) is 36.8 Å². The van der Waals surface area contributed by atoms with Gasteiger partial charge in [0.1, 0.15) is 12.4 Å². The molecule has 1 atom stereocenters. The molecule has 0 spiro atoms. The quantitative estimate of drug-likeness (QED) is 0.633. The average Bonchev–Trinajstić information content (AvgIpc) is 2.51. The molecule has 1 amide bonds. The Bertz CT molecular complexity index is 584. The largest absolute Gasteiger partial charge is 0.492 e. The van der Waals surface area contributed by atoms with Crippen LogP contribution in [0.2, 0.25) is 0 Å². The number of ether oxygens (including phenoxy) is 1. The monoisotopic (exact) mass is 284 g/mol. The summed E-state index contributed by atoms with van der Waals surface area (Å²) in [6, 6.07) is 16.9. The van der Waals surface area contributed by atoms with E-state index in [1.54, 1.807) is 0 Å². The molecule has 0 fully saturated rings. The minimum atomic E-state index is -0.231. The lowest BCUT2D eigenvalue weighted by molar-refractivity contribution is -0.122. The predicted molar refractivity (Wildman–Crippen MR) is 84.2 cm³/mol. The van der Waals surface area contributed by atoms with Gasteiger partial charge in [0.05, 0.1) is 12.5 Å². The lowest BCUT2D eigenvalue weighted by Gasteiger charge is -2.13. The van der Waals surface area contributed by atoms with Crippen molar-refractivity contribution in [2.75, 3.05) is 18.9 Å². The summed E-state index contributed by atoms with van der Waals surface area (Å²) < 4.78 is 5.53. The molecule has 1 unspecified atom stereocenters. The minimum absolute atomic E-state index is 0.0303. The lowest BCUT2D eigenvalue weighted by atomic mass is 10.00. The smallest absolute Gasteiger partial charge is 0.227 e. The second kappa shape index (κ2) is 7.33. The summed E-state index contributed by atoms with van der Waals surface area (Å²) in [5.41, 5.74) is 7.31. The number of amides is 1. The Balaban J connectivity index is 1.77. The lowest BCUT2D eigenvalue weighted by Crippen LogP contribution is -2.31. The fraction of sp³-hybridized carbons (Fsp3) is 0.235. The van der Waals surface area contributed by atoms with Crippen LogP contribution in [0.1, 0.15) is 18.4 Å². The molecule has 2 aromatic carbocycles. The van der Waals surface area contributed by atoms with E-state index in [-0.39, 0.29) is 11.8 Å². The fourth-order valence-corrected chi connectivity index (χ4v) is 1.99. The summed E-state index contributed by atoms with van der Waals surface area (Å²) in [7, 11) is 0. The van der Waals surface area contributed by atoms with E-state index in [0.717, 1.165) is 11.3 Å². The number of nitrogens with two attached hydrogens (primary N) is 1. The summed E-state index contributed by atoms with van der Waals surface area (Å²) in [6.45, 7) is 2.78. The molecule has 0 radical (unpaired) electrons. The van der Waals surface area contributed by atoms with Crippen LogP contribution in [-0.2, 0) is 4.79 Å². The topological polar surface area (TPSA) is 64.3 Å². The molecule has 0 heterocycles. The number of benzene rings is 2. The molecule has 21 heavy (non-hydrogen) atoms. The van der Waals surface area contributed by atoms with Gasteiger partial charge < -0.3 is 15.8 Å². The highest BCUT2D eigenvalue weighted by Gasteiger charge is 2.14. The van der Waals surface area contributed by atoms with E-state index >= 15 is 0 Å². The second-order valence-electron chi connectivity index (χ2n) is 4.84. The van der Waals surface area contributed by atoms with Crippen LogP contribution in [0, 0.1) is 0 Å². The number of nitrogen functional groups attached to an aromatic ring is 1. The number of para-hydroxylation sites is 1. The van der Waals surface area contributed by atoms with Crippen molar-refractivity contribution in [1.82, 2.24) is 5.32 Å². The molecule has 4 nitrogen and oxygen atoms in total. The van der Waals surface area contributed by atoms with Crippen LogP contribution in [0.25, 0.3) is 0 Å². The molecule has 0 aromatic heterocycles. The Labute approximate surface area is 124 Å². The van der Waals surface area contributed by atoms with Crippen molar-refractivity contribution in [2.45, 2.75) is 12.8 Å². The number of hydrogen-bond acceptors (Lipinski definition) is 3. The maximum atomic E-state index is 12.1. The van der Waals surface area contributed by atoms with Gasteiger partial charge in [-0.2, -0.15) is 0 Å². The van der Waals surface area contributed by atoms with E-state index in [0.29, 0.717) is 18.8 Å². The Kier molecular flexibility index (Phi) is 5.21. The summed E-state index contributed by atoms with van der Waals surface area (Å²) in [5, 5.41) is 2.87. The van der Waals surface area contributed by atoms with Crippen LogP contribution < -0.4 is 15.8 Å². The number of carbonyl (C=O) groups is 1. The van der Waals surface area contributed by atoms with Crippen molar-refractivity contribution < 1.29 is 9.53 Å². The Morgan fingerprint density at radius 2 is 1.95 bits per heavy atom. The molecule has 0 aliphatic rings. The highest BCUT2D eigenvalue weighted by Crippen LogP contribution is 2.17. The fourth-order valence-electron chi connectivity index (χ4n) is 1.99. The van der Waals surface area contributed by atoms with Gasteiger partial charge in [-0.3, -0.25) is 4.79 Å². The van der Waals surface area contributed by atoms with Gasteiger partial charge in [0.25, 0.3) is 0 Å². The summed E-state index contributed by atoms with van der Waals surface area (Å²) in [4.78, 5) is 12.1. The van der Waals surface area contributed by atoms with Crippen molar-refractivity contribution in [2.24, 2.45) is 0 Å². The highest BCUT2D eigenvalue weighted by atomic mass is 16.5. The van der Waals surface area contributed by atoms with E-state index in [2.05, 4.69) is 5.32 Å². The first kappa shape index (κ1) is 14.9. The third-order valence-electron chi connectivity index (χ3n) is 3.22. The number of anilines is 1. The van der Waals surface area contributed by atoms with E-state index < -0.39 is 0 Å². The predicted octanol–water partition coefficient (Wildman–Crippen LogP) is 2.57. The molecule has 0 saturated carbocycles. The van der Waals surface area contributed by atoms with Gasteiger partial charge in [0.15, 0.2) is 0 Å². The van der Waals surface area contributed by atoms with E-state index in [1.807, 2.05) is 61.5 Å². The van der Waals surface area contributed by atoms with Crippen molar-refractivity contribution in [3.05, 3.63) is 60.2 Å². The molecule has 0 bridgehead atoms. The van der Waals surface area contributed by atoms with E-state index in [9.17, 15) is 4.79 Å². The molecule has 4 heteroatoms. The molecule has 110 valence electrons. The molecular formula is C17H20N2O2. The number of nitrogens with one attached hydrogen (secondary N) is 1. The maximum absolute atomic E-state index is 12.1. The van der Waals surface area contributed by atoms with Gasteiger partial charge in [0.2, 0.25) is 5.91 Å². The normalized spacial score (nSPS) is 11.7. The third-order valence-corrected chi connectivity index (χ3v) is 3.22. The van der Waals surface area contributed by atoms with Gasteiger partial charge >= 0.3 is 0 Å². The Hall–Kier alpha value is -2.49. The number of rotatable bonds is 6. The third kappa shape index (κ3) is 4.53. The molecule has 0 saturated heterocycles. The first-order valence-corrected chi connectivity index (χ1v) is 6.98.